The lowest BCUT2D eigenvalue weighted by molar-refractivity contribution is 0.0192. The minimum Gasteiger partial charge on any atom is -0.376 e. The van der Waals surface area contributed by atoms with Crippen molar-refractivity contribution in [2.45, 2.75) is 38.8 Å². The van der Waals surface area contributed by atoms with Gasteiger partial charge in [-0.2, -0.15) is 0 Å². The maximum absolute atomic E-state index is 5.97. The highest BCUT2D eigenvalue weighted by molar-refractivity contribution is 4.82. The van der Waals surface area contributed by atoms with Crippen molar-refractivity contribution in [3.63, 3.8) is 0 Å². The molecule has 2 saturated heterocycles. The van der Waals surface area contributed by atoms with E-state index in [2.05, 4.69) is 42.5 Å². The lowest BCUT2D eigenvalue weighted by atomic mass is 10.1. The Bertz CT molecular complexity index is 269. The molecule has 2 heterocycles. The Morgan fingerprint density at radius 2 is 1.74 bits per heavy atom. The molecule has 0 radical (unpaired) electrons. The molecule has 1 unspecified atom stereocenters. The smallest absolute Gasteiger partial charge is 0.0714 e. The molecule has 112 valence electrons. The molecule has 0 spiro atoms. The van der Waals surface area contributed by atoms with Crippen LogP contribution in [-0.2, 0) is 4.74 Å². The van der Waals surface area contributed by atoms with Gasteiger partial charge in [-0.1, -0.05) is 0 Å². The van der Waals surface area contributed by atoms with Crippen molar-refractivity contribution in [3.05, 3.63) is 0 Å². The monoisotopic (exact) mass is 269 g/mol. The molecule has 2 aliphatic heterocycles. The van der Waals surface area contributed by atoms with Crippen LogP contribution in [0.4, 0.5) is 0 Å². The molecule has 0 N–H and O–H groups in total. The van der Waals surface area contributed by atoms with Gasteiger partial charge in [0.2, 0.25) is 0 Å². The molecule has 0 amide bonds. The first-order valence-electron chi connectivity index (χ1n) is 7.73. The second kappa shape index (κ2) is 6.53. The quantitative estimate of drug-likeness (QED) is 0.761. The number of rotatable bonds is 4. The first-order chi connectivity index (χ1) is 8.95. The highest BCUT2D eigenvalue weighted by Crippen LogP contribution is 2.16. The van der Waals surface area contributed by atoms with Gasteiger partial charge in [-0.3, -0.25) is 9.80 Å². The van der Waals surface area contributed by atoms with Crippen LogP contribution in [0.2, 0.25) is 0 Å². The topological polar surface area (TPSA) is 19.0 Å². The van der Waals surface area contributed by atoms with Crippen LogP contribution in [0, 0.1) is 0 Å². The SMILES string of the molecule is CN1CCC(OCCN2CCN(C(C)(C)C)CC2)C1. The second-order valence-electron chi connectivity index (χ2n) is 7.04. The van der Waals surface area contributed by atoms with E-state index in [9.17, 15) is 0 Å². The van der Waals surface area contributed by atoms with Gasteiger partial charge in [0.15, 0.2) is 0 Å². The van der Waals surface area contributed by atoms with Gasteiger partial charge >= 0.3 is 0 Å². The number of nitrogens with zero attached hydrogens (tertiary/aromatic N) is 3. The van der Waals surface area contributed by atoms with E-state index in [4.69, 9.17) is 4.74 Å². The number of hydrogen-bond acceptors (Lipinski definition) is 4. The van der Waals surface area contributed by atoms with Crippen LogP contribution in [0.3, 0.4) is 0 Å². The Kier molecular flexibility index (Phi) is 5.23. The molecule has 0 aromatic rings. The van der Waals surface area contributed by atoms with Crippen LogP contribution in [0.5, 0.6) is 0 Å². The molecule has 19 heavy (non-hydrogen) atoms. The Labute approximate surface area is 118 Å². The molecule has 0 aromatic carbocycles. The van der Waals surface area contributed by atoms with Gasteiger partial charge < -0.3 is 9.64 Å². The third-order valence-electron chi connectivity index (χ3n) is 4.43. The minimum absolute atomic E-state index is 0.316. The van der Waals surface area contributed by atoms with E-state index in [-0.39, 0.29) is 0 Å². The highest BCUT2D eigenvalue weighted by Gasteiger charge is 2.26. The van der Waals surface area contributed by atoms with Crippen molar-refractivity contribution in [1.82, 2.24) is 14.7 Å². The van der Waals surface area contributed by atoms with Crippen LogP contribution in [-0.4, -0.2) is 85.8 Å². The van der Waals surface area contributed by atoms with Crippen molar-refractivity contribution in [3.8, 4) is 0 Å². The van der Waals surface area contributed by atoms with Gasteiger partial charge in [0, 0.05) is 51.4 Å². The van der Waals surface area contributed by atoms with Crippen molar-refractivity contribution in [1.29, 1.82) is 0 Å². The van der Waals surface area contributed by atoms with Crippen LogP contribution < -0.4 is 0 Å². The van der Waals surface area contributed by atoms with Gasteiger partial charge in [0.1, 0.15) is 0 Å². The fraction of sp³-hybridized carbons (Fsp3) is 1.00. The molecule has 4 heteroatoms. The maximum Gasteiger partial charge on any atom is 0.0714 e. The molecule has 0 aliphatic carbocycles. The molecule has 1 atom stereocenters. The van der Waals surface area contributed by atoms with Crippen LogP contribution in [0.1, 0.15) is 27.2 Å². The van der Waals surface area contributed by atoms with Crippen molar-refractivity contribution in [2.24, 2.45) is 0 Å². The van der Waals surface area contributed by atoms with Gasteiger partial charge in [0.05, 0.1) is 12.7 Å². The molecule has 0 bridgehead atoms. The summed E-state index contributed by atoms with van der Waals surface area (Å²) in [7, 11) is 2.18. The van der Waals surface area contributed by atoms with Crippen LogP contribution in [0.25, 0.3) is 0 Å². The largest absolute Gasteiger partial charge is 0.376 e. The third kappa shape index (κ3) is 4.71. The highest BCUT2D eigenvalue weighted by atomic mass is 16.5. The summed E-state index contributed by atoms with van der Waals surface area (Å²) in [5.41, 5.74) is 0.316. The molecular weight excluding hydrogens is 238 g/mol. The summed E-state index contributed by atoms with van der Waals surface area (Å²) in [6, 6.07) is 0. The van der Waals surface area contributed by atoms with E-state index in [1.165, 1.54) is 39.1 Å². The lowest BCUT2D eigenvalue weighted by Crippen LogP contribution is -2.53. The predicted octanol–water partition coefficient (Wildman–Crippen LogP) is 1.12. The molecule has 0 saturated carbocycles. The Balaban J connectivity index is 1.58. The van der Waals surface area contributed by atoms with Crippen LogP contribution in [0.15, 0.2) is 0 Å². The number of likely N-dealkylation sites (N-methyl/N-ethyl adjacent to an activating group) is 1. The summed E-state index contributed by atoms with van der Waals surface area (Å²) < 4.78 is 5.97. The number of likely N-dealkylation sites (tertiary alicyclic amines) is 1. The number of hydrogen-bond donors (Lipinski definition) is 0. The van der Waals surface area contributed by atoms with E-state index in [1.54, 1.807) is 0 Å². The van der Waals surface area contributed by atoms with Gasteiger partial charge in [-0.25, -0.2) is 0 Å². The summed E-state index contributed by atoms with van der Waals surface area (Å²) in [5, 5.41) is 0. The van der Waals surface area contributed by atoms with Gasteiger partial charge in [-0.05, 0) is 34.2 Å². The van der Waals surface area contributed by atoms with Gasteiger partial charge in [0.25, 0.3) is 0 Å². The van der Waals surface area contributed by atoms with E-state index >= 15 is 0 Å². The zero-order valence-corrected chi connectivity index (χ0v) is 13.2. The predicted molar refractivity (Wildman–Crippen MR) is 79.6 cm³/mol. The first-order valence-corrected chi connectivity index (χ1v) is 7.73. The fourth-order valence-corrected chi connectivity index (χ4v) is 3.02. The van der Waals surface area contributed by atoms with E-state index < -0.39 is 0 Å². The number of ether oxygens (including phenoxy) is 1. The second-order valence-corrected chi connectivity index (χ2v) is 7.04. The Morgan fingerprint density at radius 1 is 1.05 bits per heavy atom. The summed E-state index contributed by atoms with van der Waals surface area (Å²) in [6.07, 6.45) is 1.68. The third-order valence-corrected chi connectivity index (χ3v) is 4.43. The standard InChI is InChI=1S/C15H31N3O/c1-15(2,3)18-9-7-17(8-10-18)11-12-19-14-5-6-16(4)13-14/h14H,5-13H2,1-4H3. The zero-order valence-electron chi connectivity index (χ0n) is 13.2. The molecule has 2 rings (SSSR count). The Hall–Kier alpha value is -0.160. The molecule has 2 fully saturated rings. The van der Waals surface area contributed by atoms with Crippen molar-refractivity contribution < 1.29 is 4.74 Å². The molecule has 2 aliphatic rings. The van der Waals surface area contributed by atoms with Crippen molar-refractivity contribution >= 4 is 0 Å². The summed E-state index contributed by atoms with van der Waals surface area (Å²) in [6.45, 7) is 16.0. The lowest BCUT2D eigenvalue weighted by Gasteiger charge is -2.42. The minimum atomic E-state index is 0.316. The normalized spacial score (nSPS) is 28.1. The summed E-state index contributed by atoms with van der Waals surface area (Å²) >= 11 is 0. The van der Waals surface area contributed by atoms with E-state index in [0.717, 1.165) is 19.7 Å². The first kappa shape index (κ1) is 15.2. The fourth-order valence-electron chi connectivity index (χ4n) is 3.02. The van der Waals surface area contributed by atoms with Crippen LogP contribution >= 0.6 is 0 Å². The van der Waals surface area contributed by atoms with Gasteiger partial charge in [-0.15, -0.1) is 0 Å². The molecule has 4 nitrogen and oxygen atoms in total. The Morgan fingerprint density at radius 3 is 2.26 bits per heavy atom. The molecule has 0 aromatic heterocycles. The summed E-state index contributed by atoms with van der Waals surface area (Å²) in [4.78, 5) is 7.48. The zero-order chi connectivity index (χ0) is 13.9. The van der Waals surface area contributed by atoms with E-state index in [0.29, 0.717) is 11.6 Å². The number of piperazine rings is 1. The average Bonchev–Trinajstić information content (AvgIpc) is 2.75. The average molecular weight is 269 g/mol. The maximum atomic E-state index is 5.97. The van der Waals surface area contributed by atoms with Crippen molar-refractivity contribution in [2.75, 3.05) is 59.5 Å². The molecular formula is C15H31N3O. The summed E-state index contributed by atoms with van der Waals surface area (Å²) in [5.74, 6) is 0. The van der Waals surface area contributed by atoms with E-state index in [1.807, 2.05) is 0 Å².